The van der Waals surface area contributed by atoms with E-state index in [1.54, 1.807) is 0 Å². The molecule has 1 amide bonds. The second kappa shape index (κ2) is 10.0. The number of rotatable bonds is 6. The number of carbonyl (C=O) groups is 3. The molecule has 0 aromatic rings. The summed E-state index contributed by atoms with van der Waals surface area (Å²) in [5.41, 5.74) is -1.20. The van der Waals surface area contributed by atoms with Crippen molar-refractivity contribution in [3.8, 4) is 0 Å². The third-order valence-electron chi connectivity index (χ3n) is 5.72. The van der Waals surface area contributed by atoms with E-state index in [0.29, 0.717) is 12.8 Å². The Morgan fingerprint density at radius 3 is 2.09 bits per heavy atom. The number of hydrogen-bond acceptors (Lipinski definition) is 10. The molecule has 5 unspecified atom stereocenters. The zero-order chi connectivity index (χ0) is 24.4. The quantitative estimate of drug-likeness (QED) is 0.479. The molecular formula is C21H36N2O9. The van der Waals surface area contributed by atoms with Gasteiger partial charge in [0.25, 0.3) is 0 Å². The van der Waals surface area contributed by atoms with E-state index in [0.717, 1.165) is 0 Å². The van der Waals surface area contributed by atoms with Gasteiger partial charge in [-0.2, -0.15) is 5.06 Å². The standard InChI is InChI=1S/C21H36N2O9/c1-11(24)22-16-18(30-13(3)26)17(27)15(10-29-12(2)25)32-19(16)31-14-8-20(4,5)23(28)21(6,7)9-14/h14-19,27-28H,8-10H2,1-7H3,(H,22,24). The topological polar surface area (TPSA) is 144 Å². The maximum absolute atomic E-state index is 11.9. The first-order valence-electron chi connectivity index (χ1n) is 10.7. The van der Waals surface area contributed by atoms with Crippen molar-refractivity contribution in [2.45, 2.75) is 109 Å². The van der Waals surface area contributed by atoms with E-state index in [4.69, 9.17) is 18.9 Å². The van der Waals surface area contributed by atoms with Crippen LogP contribution in [0.5, 0.6) is 0 Å². The second-order valence-electron chi connectivity index (χ2n) is 9.74. The Hall–Kier alpha value is -1.79. The van der Waals surface area contributed by atoms with Crippen LogP contribution in [0.15, 0.2) is 0 Å². The number of nitrogens with zero attached hydrogens (tertiary/aromatic N) is 1. The third-order valence-corrected chi connectivity index (χ3v) is 5.72. The van der Waals surface area contributed by atoms with Crippen LogP contribution in [-0.2, 0) is 33.3 Å². The van der Waals surface area contributed by atoms with Gasteiger partial charge >= 0.3 is 11.9 Å². The highest BCUT2D eigenvalue weighted by molar-refractivity contribution is 5.73. The lowest BCUT2D eigenvalue weighted by Crippen LogP contribution is -2.67. The largest absolute Gasteiger partial charge is 0.463 e. The summed E-state index contributed by atoms with van der Waals surface area (Å²) in [5.74, 6) is -1.65. The highest BCUT2D eigenvalue weighted by Gasteiger charge is 2.51. The van der Waals surface area contributed by atoms with E-state index < -0.39 is 59.6 Å². The molecule has 32 heavy (non-hydrogen) atoms. The normalized spacial score (nSPS) is 32.7. The molecule has 0 spiro atoms. The second-order valence-corrected chi connectivity index (χ2v) is 9.74. The maximum atomic E-state index is 11.9. The molecule has 3 N–H and O–H groups in total. The fourth-order valence-corrected chi connectivity index (χ4v) is 4.55. The number of aliphatic hydroxyl groups excluding tert-OH is 1. The van der Waals surface area contributed by atoms with Gasteiger partial charge in [-0.05, 0) is 40.5 Å². The number of aliphatic hydroxyl groups is 1. The number of amides is 1. The molecule has 0 radical (unpaired) electrons. The molecule has 2 aliphatic rings. The highest BCUT2D eigenvalue weighted by atomic mass is 16.7. The Morgan fingerprint density at radius 1 is 1.06 bits per heavy atom. The summed E-state index contributed by atoms with van der Waals surface area (Å²) >= 11 is 0. The molecule has 2 saturated heterocycles. The van der Waals surface area contributed by atoms with E-state index in [2.05, 4.69) is 5.32 Å². The fourth-order valence-electron chi connectivity index (χ4n) is 4.55. The summed E-state index contributed by atoms with van der Waals surface area (Å²) in [6.45, 7) is 10.9. The molecule has 0 saturated carbocycles. The summed E-state index contributed by atoms with van der Waals surface area (Å²) in [5, 5.41) is 25.3. The minimum absolute atomic E-state index is 0.285. The first-order chi connectivity index (χ1) is 14.6. The van der Waals surface area contributed by atoms with Gasteiger partial charge in [-0.15, -0.1) is 0 Å². The molecule has 2 rings (SSSR count). The Labute approximate surface area is 188 Å². The van der Waals surface area contributed by atoms with Gasteiger partial charge in [0.1, 0.15) is 24.9 Å². The van der Waals surface area contributed by atoms with Gasteiger partial charge in [0.2, 0.25) is 5.91 Å². The summed E-state index contributed by atoms with van der Waals surface area (Å²) in [6, 6.07) is -1.00. The smallest absolute Gasteiger partial charge is 0.303 e. The molecule has 2 aliphatic heterocycles. The Bertz CT molecular complexity index is 693. The Morgan fingerprint density at radius 2 is 1.62 bits per heavy atom. The number of hydrogen-bond donors (Lipinski definition) is 3. The molecule has 5 atom stereocenters. The number of esters is 2. The zero-order valence-electron chi connectivity index (χ0n) is 19.8. The first kappa shape index (κ1) is 26.5. The van der Waals surface area contributed by atoms with Crippen molar-refractivity contribution in [3.63, 3.8) is 0 Å². The molecule has 2 fully saturated rings. The monoisotopic (exact) mass is 460 g/mol. The van der Waals surface area contributed by atoms with Gasteiger partial charge in [0, 0.05) is 31.8 Å². The van der Waals surface area contributed by atoms with Crippen LogP contribution in [0, 0.1) is 0 Å². The molecule has 11 nitrogen and oxygen atoms in total. The van der Waals surface area contributed by atoms with Gasteiger partial charge in [-0.1, -0.05) is 0 Å². The van der Waals surface area contributed by atoms with E-state index in [1.807, 2.05) is 27.7 Å². The lowest BCUT2D eigenvalue weighted by Gasteiger charge is -2.52. The van der Waals surface area contributed by atoms with Crippen LogP contribution in [-0.4, -0.2) is 87.7 Å². The number of carbonyl (C=O) groups excluding carboxylic acids is 3. The summed E-state index contributed by atoms with van der Waals surface area (Å²) in [4.78, 5) is 34.9. The summed E-state index contributed by atoms with van der Waals surface area (Å²) in [6.07, 6.45) is -4.18. The van der Waals surface area contributed by atoms with Crippen LogP contribution >= 0.6 is 0 Å². The van der Waals surface area contributed by atoms with E-state index in [1.165, 1.54) is 25.8 Å². The lowest BCUT2D eigenvalue weighted by molar-refractivity contribution is -0.311. The van der Waals surface area contributed by atoms with Crippen molar-refractivity contribution in [2.24, 2.45) is 0 Å². The third kappa shape index (κ3) is 6.38. The van der Waals surface area contributed by atoms with Crippen molar-refractivity contribution in [1.29, 1.82) is 0 Å². The SMILES string of the molecule is CC(=O)NC1C(OC2CC(C)(C)N(O)C(C)(C)C2)OC(COC(C)=O)C(O)C1OC(C)=O. The highest BCUT2D eigenvalue weighted by Crippen LogP contribution is 2.39. The van der Waals surface area contributed by atoms with Crippen molar-refractivity contribution >= 4 is 17.8 Å². The van der Waals surface area contributed by atoms with Crippen molar-refractivity contribution < 1.29 is 43.6 Å². The van der Waals surface area contributed by atoms with Crippen LogP contribution in [0.4, 0.5) is 0 Å². The molecule has 0 aliphatic carbocycles. The average Bonchev–Trinajstić information content (AvgIpc) is 2.62. The minimum atomic E-state index is -1.37. The number of hydroxylamine groups is 2. The predicted octanol–water partition coefficient (Wildman–Crippen LogP) is 0.499. The van der Waals surface area contributed by atoms with Crippen LogP contribution in [0.1, 0.15) is 61.3 Å². The number of ether oxygens (including phenoxy) is 4. The average molecular weight is 461 g/mol. The molecular weight excluding hydrogens is 424 g/mol. The zero-order valence-corrected chi connectivity index (χ0v) is 19.8. The van der Waals surface area contributed by atoms with Crippen molar-refractivity contribution in [2.75, 3.05) is 6.61 Å². The summed E-state index contributed by atoms with van der Waals surface area (Å²) in [7, 11) is 0. The van der Waals surface area contributed by atoms with E-state index >= 15 is 0 Å². The van der Waals surface area contributed by atoms with Crippen molar-refractivity contribution in [1.82, 2.24) is 10.4 Å². The van der Waals surface area contributed by atoms with Gasteiger partial charge in [0.05, 0.1) is 6.10 Å². The van der Waals surface area contributed by atoms with Gasteiger partial charge in [-0.3, -0.25) is 14.4 Å². The van der Waals surface area contributed by atoms with E-state index in [-0.39, 0.29) is 12.7 Å². The van der Waals surface area contributed by atoms with Crippen LogP contribution < -0.4 is 5.32 Å². The fraction of sp³-hybridized carbons (Fsp3) is 0.857. The molecule has 0 aromatic carbocycles. The van der Waals surface area contributed by atoms with Crippen LogP contribution in [0.2, 0.25) is 0 Å². The number of nitrogens with one attached hydrogen (secondary N) is 1. The maximum Gasteiger partial charge on any atom is 0.303 e. The Balaban J connectivity index is 2.32. The molecule has 0 aromatic heterocycles. The molecule has 2 heterocycles. The first-order valence-corrected chi connectivity index (χ1v) is 10.7. The van der Waals surface area contributed by atoms with Crippen molar-refractivity contribution in [3.05, 3.63) is 0 Å². The molecule has 184 valence electrons. The van der Waals surface area contributed by atoms with Gasteiger partial charge in [0.15, 0.2) is 12.4 Å². The minimum Gasteiger partial charge on any atom is -0.463 e. The Kier molecular flexibility index (Phi) is 8.27. The number of piperidine rings is 1. The predicted molar refractivity (Wildman–Crippen MR) is 110 cm³/mol. The molecule has 0 bridgehead atoms. The van der Waals surface area contributed by atoms with Crippen LogP contribution in [0.25, 0.3) is 0 Å². The summed E-state index contributed by atoms with van der Waals surface area (Å²) < 4.78 is 22.5. The molecule has 11 heteroatoms. The lowest BCUT2D eigenvalue weighted by atomic mass is 9.80. The van der Waals surface area contributed by atoms with E-state index in [9.17, 15) is 24.7 Å². The van der Waals surface area contributed by atoms with Crippen LogP contribution in [0.3, 0.4) is 0 Å². The van der Waals surface area contributed by atoms with Gasteiger partial charge < -0.3 is 34.6 Å². The van der Waals surface area contributed by atoms with Gasteiger partial charge in [-0.25, -0.2) is 0 Å².